The number of amidine groups is 1. The number of aromatic nitrogens is 2. The molecule has 0 aliphatic carbocycles. The third kappa shape index (κ3) is 2.15. The Kier molecular flexibility index (Phi) is 3.07. The molecule has 1 saturated heterocycles. The lowest BCUT2D eigenvalue weighted by atomic mass is 10.2. The first-order valence-corrected chi connectivity index (χ1v) is 5.06. The van der Waals surface area contributed by atoms with Gasteiger partial charge < -0.3 is 16.0 Å². The number of hydrogen-bond donors (Lipinski definition) is 3. The van der Waals surface area contributed by atoms with E-state index in [0.29, 0.717) is 19.6 Å². The molecule has 0 saturated carbocycles. The highest BCUT2D eigenvalue weighted by atomic mass is 16.4. The fraction of sp³-hybridized carbons (Fsp3) is 0.556. The van der Waals surface area contributed by atoms with Crippen LogP contribution in [0.25, 0.3) is 0 Å². The number of nitrogens with two attached hydrogens (primary N) is 1. The van der Waals surface area contributed by atoms with E-state index in [4.69, 9.17) is 10.9 Å². The Hall–Kier alpha value is -1.60. The van der Waals surface area contributed by atoms with Gasteiger partial charge in [0.2, 0.25) is 0 Å². The van der Waals surface area contributed by atoms with Crippen LogP contribution < -0.4 is 5.73 Å². The topological polar surface area (TPSA) is 99.9 Å². The third-order valence-electron chi connectivity index (χ3n) is 2.71. The van der Waals surface area contributed by atoms with E-state index in [-0.39, 0.29) is 11.9 Å². The minimum Gasteiger partial charge on any atom is -0.409 e. The number of aliphatic hydroxyl groups is 1. The highest BCUT2D eigenvalue weighted by Gasteiger charge is 2.33. The predicted molar refractivity (Wildman–Crippen MR) is 57.1 cm³/mol. The third-order valence-corrected chi connectivity index (χ3v) is 2.71. The second kappa shape index (κ2) is 4.50. The van der Waals surface area contributed by atoms with Crippen LogP contribution in [-0.2, 0) is 0 Å². The quantitative estimate of drug-likeness (QED) is 0.261. The molecule has 1 aliphatic rings. The van der Waals surface area contributed by atoms with Gasteiger partial charge in [-0.2, -0.15) is 5.10 Å². The van der Waals surface area contributed by atoms with Gasteiger partial charge in [-0.1, -0.05) is 5.16 Å². The van der Waals surface area contributed by atoms with Crippen LogP contribution in [0.3, 0.4) is 0 Å². The van der Waals surface area contributed by atoms with Crippen LogP contribution in [0.5, 0.6) is 0 Å². The molecule has 1 aromatic heterocycles. The molecule has 0 spiro atoms. The van der Waals surface area contributed by atoms with Gasteiger partial charge in [-0.3, -0.25) is 9.58 Å². The Balaban J connectivity index is 1.99. The maximum atomic E-state index is 9.87. The zero-order valence-corrected chi connectivity index (χ0v) is 8.77. The summed E-state index contributed by atoms with van der Waals surface area (Å²) in [5.41, 5.74) is 5.42. The molecule has 0 radical (unpaired) electrons. The van der Waals surface area contributed by atoms with E-state index in [0.717, 1.165) is 0 Å². The highest BCUT2D eigenvalue weighted by molar-refractivity contribution is 5.81. The lowest BCUT2D eigenvalue weighted by Crippen LogP contribution is -2.33. The molecule has 88 valence electrons. The molecule has 1 fully saturated rings. The van der Waals surface area contributed by atoms with Gasteiger partial charge in [0.25, 0.3) is 0 Å². The van der Waals surface area contributed by atoms with Crippen LogP contribution in [0.15, 0.2) is 23.6 Å². The molecule has 2 heterocycles. The molecule has 2 unspecified atom stereocenters. The van der Waals surface area contributed by atoms with Gasteiger partial charge in [0, 0.05) is 25.5 Å². The summed E-state index contributed by atoms with van der Waals surface area (Å²) in [6.07, 6.45) is 3.02. The van der Waals surface area contributed by atoms with Crippen molar-refractivity contribution >= 4 is 5.84 Å². The summed E-state index contributed by atoms with van der Waals surface area (Å²) in [5, 5.41) is 25.4. The van der Waals surface area contributed by atoms with Gasteiger partial charge >= 0.3 is 0 Å². The molecular formula is C9H15N5O2. The number of oxime groups is 1. The molecule has 2 rings (SSSR count). The largest absolute Gasteiger partial charge is 0.409 e. The van der Waals surface area contributed by atoms with E-state index in [1.54, 1.807) is 10.9 Å². The van der Waals surface area contributed by atoms with E-state index in [1.165, 1.54) is 0 Å². The molecule has 0 aromatic carbocycles. The Morgan fingerprint density at radius 2 is 2.38 bits per heavy atom. The van der Waals surface area contributed by atoms with Gasteiger partial charge in [-0.15, -0.1) is 0 Å². The van der Waals surface area contributed by atoms with E-state index in [1.807, 2.05) is 17.2 Å². The van der Waals surface area contributed by atoms with Crippen molar-refractivity contribution in [2.45, 2.75) is 12.1 Å². The second-order valence-electron chi connectivity index (χ2n) is 3.91. The number of hydrogen-bond acceptors (Lipinski definition) is 5. The van der Waals surface area contributed by atoms with Crippen LogP contribution in [0, 0.1) is 0 Å². The number of likely N-dealkylation sites (tertiary alicyclic amines) is 1. The minimum absolute atomic E-state index is 0.0681. The maximum Gasteiger partial charge on any atom is 0.153 e. The summed E-state index contributed by atoms with van der Waals surface area (Å²) >= 11 is 0. The normalized spacial score (nSPS) is 27.4. The molecule has 2 atom stereocenters. The van der Waals surface area contributed by atoms with Crippen LogP contribution in [0.2, 0.25) is 0 Å². The minimum atomic E-state index is -0.480. The molecule has 16 heavy (non-hydrogen) atoms. The fourth-order valence-electron chi connectivity index (χ4n) is 1.97. The van der Waals surface area contributed by atoms with E-state index < -0.39 is 6.10 Å². The standard InChI is InChI=1S/C9H15N5O2/c10-9(12-16)6-13-4-7(8(15)5-13)14-3-1-2-11-14/h1-3,7-8,15-16H,4-6H2,(H2,10,12). The number of nitrogens with zero attached hydrogens (tertiary/aromatic N) is 4. The maximum absolute atomic E-state index is 9.87. The van der Waals surface area contributed by atoms with Crippen LogP contribution in [0.4, 0.5) is 0 Å². The van der Waals surface area contributed by atoms with Crippen molar-refractivity contribution in [3.8, 4) is 0 Å². The first-order valence-electron chi connectivity index (χ1n) is 5.06. The van der Waals surface area contributed by atoms with E-state index in [9.17, 15) is 5.11 Å². The van der Waals surface area contributed by atoms with Crippen LogP contribution in [0.1, 0.15) is 6.04 Å². The Bertz CT molecular complexity index is 364. The van der Waals surface area contributed by atoms with Crippen molar-refractivity contribution in [1.29, 1.82) is 0 Å². The predicted octanol–water partition coefficient (Wildman–Crippen LogP) is -1.15. The molecule has 4 N–H and O–H groups in total. The summed E-state index contributed by atoms with van der Waals surface area (Å²) in [6.45, 7) is 1.49. The van der Waals surface area contributed by atoms with Crippen molar-refractivity contribution in [1.82, 2.24) is 14.7 Å². The van der Waals surface area contributed by atoms with E-state index >= 15 is 0 Å². The van der Waals surface area contributed by atoms with Crippen molar-refractivity contribution in [2.75, 3.05) is 19.6 Å². The lowest BCUT2D eigenvalue weighted by Gasteiger charge is -2.14. The number of aliphatic hydroxyl groups excluding tert-OH is 1. The Labute approximate surface area is 92.8 Å². The highest BCUT2D eigenvalue weighted by Crippen LogP contribution is 2.20. The van der Waals surface area contributed by atoms with Gasteiger partial charge in [0.15, 0.2) is 5.84 Å². The summed E-state index contributed by atoms with van der Waals surface area (Å²) in [5.74, 6) is 0.147. The lowest BCUT2D eigenvalue weighted by molar-refractivity contribution is 0.140. The average molecular weight is 225 g/mol. The first kappa shape index (κ1) is 10.9. The summed E-state index contributed by atoms with van der Waals surface area (Å²) < 4.78 is 1.73. The smallest absolute Gasteiger partial charge is 0.153 e. The molecule has 7 heteroatoms. The van der Waals surface area contributed by atoms with Crippen molar-refractivity contribution in [3.63, 3.8) is 0 Å². The van der Waals surface area contributed by atoms with Crippen LogP contribution in [-0.4, -0.2) is 56.6 Å². The molecule has 0 bridgehead atoms. The molecule has 7 nitrogen and oxygen atoms in total. The number of rotatable bonds is 3. The zero-order chi connectivity index (χ0) is 11.5. The monoisotopic (exact) mass is 225 g/mol. The Morgan fingerprint density at radius 3 is 3.00 bits per heavy atom. The van der Waals surface area contributed by atoms with E-state index in [2.05, 4.69) is 10.3 Å². The second-order valence-corrected chi connectivity index (χ2v) is 3.91. The molecule has 0 amide bonds. The molecule has 1 aliphatic heterocycles. The summed E-state index contributed by atoms with van der Waals surface area (Å²) in [6, 6.07) is 1.75. The summed E-state index contributed by atoms with van der Waals surface area (Å²) in [4.78, 5) is 1.92. The van der Waals surface area contributed by atoms with Gasteiger partial charge in [0.05, 0.1) is 18.7 Å². The van der Waals surface area contributed by atoms with Gasteiger partial charge in [-0.25, -0.2) is 0 Å². The molecular weight excluding hydrogens is 210 g/mol. The number of β-amino-alcohol motifs (C(OH)–C–C–N with tert-alkyl or cyclic N) is 1. The van der Waals surface area contributed by atoms with Crippen molar-refractivity contribution in [3.05, 3.63) is 18.5 Å². The Morgan fingerprint density at radius 1 is 1.56 bits per heavy atom. The first-order chi connectivity index (χ1) is 7.70. The SMILES string of the molecule is N/C(CN1CC(O)C(n2cccn2)C1)=N\O. The molecule has 1 aromatic rings. The zero-order valence-electron chi connectivity index (χ0n) is 8.77. The summed E-state index contributed by atoms with van der Waals surface area (Å²) in [7, 11) is 0. The van der Waals surface area contributed by atoms with Gasteiger partial charge in [0.1, 0.15) is 0 Å². The van der Waals surface area contributed by atoms with Crippen molar-refractivity contribution < 1.29 is 10.3 Å². The fourth-order valence-corrected chi connectivity index (χ4v) is 1.97. The van der Waals surface area contributed by atoms with Gasteiger partial charge in [-0.05, 0) is 6.07 Å². The van der Waals surface area contributed by atoms with Crippen LogP contribution >= 0.6 is 0 Å². The van der Waals surface area contributed by atoms with Crippen molar-refractivity contribution in [2.24, 2.45) is 10.9 Å². The average Bonchev–Trinajstić information content (AvgIpc) is 2.87.